The van der Waals surface area contributed by atoms with Gasteiger partial charge >= 0.3 is 0 Å². The van der Waals surface area contributed by atoms with Crippen molar-refractivity contribution in [3.63, 3.8) is 0 Å². The second-order valence-corrected chi connectivity index (χ2v) is 5.30. The van der Waals surface area contributed by atoms with E-state index in [2.05, 4.69) is 29.7 Å². The van der Waals surface area contributed by atoms with Crippen LogP contribution in [0.1, 0.15) is 5.56 Å². The molecule has 0 saturated carbocycles. The van der Waals surface area contributed by atoms with Gasteiger partial charge in [-0.05, 0) is 5.56 Å². The van der Waals surface area contributed by atoms with Crippen molar-refractivity contribution in [1.82, 2.24) is 4.90 Å². The van der Waals surface area contributed by atoms with E-state index in [0.29, 0.717) is 13.2 Å². The molecule has 0 radical (unpaired) electrons. The second kappa shape index (κ2) is 7.79. The Kier molecular flexibility index (Phi) is 6.00. The van der Waals surface area contributed by atoms with Crippen molar-refractivity contribution in [2.75, 3.05) is 39.5 Å². The van der Waals surface area contributed by atoms with Gasteiger partial charge in [-0.25, -0.2) is 0 Å². The molecule has 18 heavy (non-hydrogen) atoms. The molecule has 0 N–H and O–H groups in total. The number of hydrogen-bond donors (Lipinski definition) is 1. The van der Waals surface area contributed by atoms with Crippen LogP contribution in [0.15, 0.2) is 30.3 Å². The van der Waals surface area contributed by atoms with Crippen LogP contribution in [-0.4, -0.2) is 49.6 Å². The maximum atomic E-state index is 5.69. The van der Waals surface area contributed by atoms with Gasteiger partial charge in [-0.2, -0.15) is 12.6 Å². The molecule has 0 aromatic heterocycles. The van der Waals surface area contributed by atoms with E-state index in [1.54, 1.807) is 0 Å². The van der Waals surface area contributed by atoms with Crippen LogP contribution in [0.25, 0.3) is 0 Å². The maximum absolute atomic E-state index is 5.69. The Morgan fingerprint density at radius 1 is 1.22 bits per heavy atom. The van der Waals surface area contributed by atoms with E-state index in [4.69, 9.17) is 9.47 Å². The van der Waals surface area contributed by atoms with Crippen molar-refractivity contribution in [3.05, 3.63) is 35.9 Å². The summed E-state index contributed by atoms with van der Waals surface area (Å²) in [6.07, 6.45) is 0. The maximum Gasteiger partial charge on any atom is 0.0717 e. The SMILES string of the molecule is S[C@H](COCc1ccccc1)CN1CCOCC1. The summed E-state index contributed by atoms with van der Waals surface area (Å²) in [4.78, 5) is 2.38. The molecular weight excluding hydrogens is 246 g/mol. The molecule has 0 bridgehead atoms. The van der Waals surface area contributed by atoms with Gasteiger partial charge in [0, 0.05) is 24.9 Å². The molecule has 0 unspecified atom stereocenters. The van der Waals surface area contributed by atoms with E-state index >= 15 is 0 Å². The number of benzene rings is 1. The highest BCUT2D eigenvalue weighted by Gasteiger charge is 2.14. The Morgan fingerprint density at radius 3 is 2.67 bits per heavy atom. The third-order valence-electron chi connectivity index (χ3n) is 2.99. The van der Waals surface area contributed by atoms with Crippen LogP contribution in [0.2, 0.25) is 0 Å². The normalized spacial score (nSPS) is 18.7. The summed E-state index contributed by atoms with van der Waals surface area (Å²) in [5.74, 6) is 0. The van der Waals surface area contributed by atoms with Crippen molar-refractivity contribution in [1.29, 1.82) is 0 Å². The average molecular weight is 267 g/mol. The minimum atomic E-state index is 0.270. The van der Waals surface area contributed by atoms with Crippen LogP contribution in [0.4, 0.5) is 0 Å². The fourth-order valence-corrected chi connectivity index (χ4v) is 2.36. The van der Waals surface area contributed by atoms with Crippen LogP contribution in [0, 0.1) is 0 Å². The summed E-state index contributed by atoms with van der Waals surface area (Å²) in [6.45, 7) is 6.03. The fraction of sp³-hybridized carbons (Fsp3) is 0.571. The lowest BCUT2D eigenvalue weighted by Crippen LogP contribution is -2.40. The lowest BCUT2D eigenvalue weighted by atomic mass is 10.2. The van der Waals surface area contributed by atoms with Crippen LogP contribution in [-0.2, 0) is 16.1 Å². The molecule has 1 heterocycles. The summed E-state index contributed by atoms with van der Waals surface area (Å²) >= 11 is 4.58. The molecule has 0 spiro atoms. The van der Waals surface area contributed by atoms with Gasteiger partial charge in [-0.1, -0.05) is 30.3 Å². The van der Waals surface area contributed by atoms with Gasteiger partial charge < -0.3 is 9.47 Å². The molecule has 2 rings (SSSR count). The van der Waals surface area contributed by atoms with Gasteiger partial charge in [-0.3, -0.25) is 4.90 Å². The summed E-state index contributed by atoms with van der Waals surface area (Å²) in [6, 6.07) is 10.2. The van der Waals surface area contributed by atoms with Gasteiger partial charge in [-0.15, -0.1) is 0 Å². The Morgan fingerprint density at radius 2 is 1.94 bits per heavy atom. The molecule has 0 aliphatic carbocycles. The first-order valence-electron chi connectivity index (χ1n) is 6.44. The molecule has 3 nitrogen and oxygen atoms in total. The van der Waals surface area contributed by atoms with Gasteiger partial charge in [0.2, 0.25) is 0 Å². The minimum Gasteiger partial charge on any atom is -0.379 e. The topological polar surface area (TPSA) is 21.7 Å². The predicted octanol–water partition coefficient (Wildman–Crippen LogP) is 1.83. The molecule has 1 aliphatic heterocycles. The molecule has 1 aromatic carbocycles. The summed E-state index contributed by atoms with van der Waals surface area (Å²) in [7, 11) is 0. The number of ether oxygens (including phenoxy) is 2. The van der Waals surface area contributed by atoms with Crippen molar-refractivity contribution in [2.24, 2.45) is 0 Å². The van der Waals surface area contributed by atoms with Crippen LogP contribution >= 0.6 is 12.6 Å². The zero-order valence-corrected chi connectivity index (χ0v) is 11.5. The Bertz CT molecular complexity index is 328. The first-order valence-corrected chi connectivity index (χ1v) is 6.96. The first kappa shape index (κ1) is 13.9. The number of thiol groups is 1. The molecule has 4 heteroatoms. The van der Waals surface area contributed by atoms with E-state index in [1.807, 2.05) is 18.2 Å². The Balaban J connectivity index is 1.61. The van der Waals surface area contributed by atoms with E-state index < -0.39 is 0 Å². The third-order valence-corrected chi connectivity index (χ3v) is 3.31. The molecule has 1 aromatic rings. The summed E-state index contributed by atoms with van der Waals surface area (Å²) in [5.41, 5.74) is 1.21. The van der Waals surface area contributed by atoms with Gasteiger partial charge in [0.15, 0.2) is 0 Å². The van der Waals surface area contributed by atoms with Gasteiger partial charge in [0.05, 0.1) is 26.4 Å². The van der Waals surface area contributed by atoms with Crippen LogP contribution < -0.4 is 0 Å². The predicted molar refractivity (Wildman–Crippen MR) is 76.1 cm³/mol. The van der Waals surface area contributed by atoms with Crippen molar-refractivity contribution in [2.45, 2.75) is 11.9 Å². The van der Waals surface area contributed by atoms with Crippen molar-refractivity contribution >= 4 is 12.6 Å². The van der Waals surface area contributed by atoms with E-state index in [0.717, 1.165) is 32.8 Å². The highest BCUT2D eigenvalue weighted by atomic mass is 32.1. The Labute approximate surface area is 114 Å². The second-order valence-electron chi connectivity index (χ2n) is 4.57. The van der Waals surface area contributed by atoms with Crippen molar-refractivity contribution in [3.8, 4) is 0 Å². The largest absolute Gasteiger partial charge is 0.379 e. The zero-order valence-electron chi connectivity index (χ0n) is 10.6. The lowest BCUT2D eigenvalue weighted by Gasteiger charge is -2.28. The minimum absolute atomic E-state index is 0.270. The van der Waals surface area contributed by atoms with Crippen LogP contribution in [0.3, 0.4) is 0 Å². The molecule has 100 valence electrons. The number of nitrogens with zero attached hydrogens (tertiary/aromatic N) is 1. The fourth-order valence-electron chi connectivity index (χ4n) is 2.02. The molecule has 0 amide bonds. The molecule has 1 aliphatic rings. The standard InChI is InChI=1S/C14H21NO2S/c18-14(10-15-6-8-16-9-7-15)12-17-11-13-4-2-1-3-5-13/h1-5,14,18H,6-12H2/t14-/m0/s1. The molecule has 1 fully saturated rings. The van der Waals surface area contributed by atoms with E-state index in [9.17, 15) is 0 Å². The number of hydrogen-bond acceptors (Lipinski definition) is 4. The first-order chi connectivity index (χ1) is 8.84. The Hall–Kier alpha value is -0.550. The molecule has 1 atom stereocenters. The lowest BCUT2D eigenvalue weighted by molar-refractivity contribution is 0.0325. The highest BCUT2D eigenvalue weighted by molar-refractivity contribution is 7.81. The highest BCUT2D eigenvalue weighted by Crippen LogP contribution is 2.06. The molecule has 1 saturated heterocycles. The smallest absolute Gasteiger partial charge is 0.0717 e. The summed E-state index contributed by atoms with van der Waals surface area (Å²) < 4.78 is 11.0. The van der Waals surface area contributed by atoms with Gasteiger partial charge in [0.25, 0.3) is 0 Å². The number of morpholine rings is 1. The van der Waals surface area contributed by atoms with E-state index in [1.165, 1.54) is 5.56 Å². The average Bonchev–Trinajstić information content (AvgIpc) is 2.41. The third kappa shape index (κ3) is 4.98. The van der Waals surface area contributed by atoms with E-state index in [-0.39, 0.29) is 5.25 Å². The monoisotopic (exact) mass is 267 g/mol. The molecular formula is C14H21NO2S. The van der Waals surface area contributed by atoms with Gasteiger partial charge in [0.1, 0.15) is 0 Å². The number of rotatable bonds is 6. The zero-order chi connectivity index (χ0) is 12.6. The van der Waals surface area contributed by atoms with Crippen molar-refractivity contribution < 1.29 is 9.47 Å². The van der Waals surface area contributed by atoms with Crippen LogP contribution in [0.5, 0.6) is 0 Å². The quantitative estimate of drug-likeness (QED) is 0.795. The summed E-state index contributed by atoms with van der Waals surface area (Å²) in [5, 5.41) is 0.270.